The molecule has 1 saturated heterocycles. The van der Waals surface area contributed by atoms with Crippen LogP contribution in [-0.2, 0) is 12.6 Å². The molecule has 1 fully saturated rings. The van der Waals surface area contributed by atoms with Gasteiger partial charge in [-0.1, -0.05) is 35.1 Å². The number of halogens is 4. The Balaban J connectivity index is 1.40. The van der Waals surface area contributed by atoms with E-state index in [0.717, 1.165) is 37.6 Å². The van der Waals surface area contributed by atoms with Crippen molar-refractivity contribution >= 4 is 39.9 Å². The van der Waals surface area contributed by atoms with E-state index < -0.39 is 11.7 Å². The van der Waals surface area contributed by atoms with Crippen LogP contribution in [-0.4, -0.2) is 39.2 Å². The number of thiazole rings is 1. The molecular weight excluding hydrogens is 549 g/mol. The molecule has 1 N–H and O–H groups in total. The molecule has 2 aliphatic rings. The lowest BCUT2D eigenvalue weighted by Gasteiger charge is -2.31. The van der Waals surface area contributed by atoms with Crippen LogP contribution >= 0.6 is 22.9 Å². The Morgan fingerprint density at radius 2 is 1.95 bits per heavy atom. The predicted molar refractivity (Wildman–Crippen MR) is 144 cm³/mol. The fraction of sp³-hybridized carbons (Fsp3) is 0.259. The smallest absolute Gasteiger partial charge is 0.416 e. The molecule has 2 aliphatic heterocycles. The second-order valence-corrected chi connectivity index (χ2v) is 10.8. The molecule has 12 heteroatoms. The van der Waals surface area contributed by atoms with E-state index in [1.807, 2.05) is 23.0 Å². The number of hydrogen-bond donors (Lipinski definition) is 1. The Kier molecular flexibility index (Phi) is 6.64. The second-order valence-electron chi connectivity index (χ2n) is 9.43. The first-order valence-corrected chi connectivity index (χ1v) is 13.5. The highest BCUT2D eigenvalue weighted by atomic mass is 35.5. The van der Waals surface area contributed by atoms with Crippen molar-refractivity contribution in [3.8, 4) is 5.88 Å². The molecule has 0 aliphatic carbocycles. The SMILES string of the molecule is Oc1nc(N2CCC(n3cccn3)CC2)sc1C(Cc1ccc(Cl)cc1C(F)(F)F)=c1ccc2c(c1)C=NN=2. The Morgan fingerprint density at radius 1 is 1.13 bits per heavy atom. The van der Waals surface area contributed by atoms with E-state index in [1.165, 1.54) is 23.5 Å². The van der Waals surface area contributed by atoms with Crippen LogP contribution in [0.4, 0.5) is 18.3 Å². The van der Waals surface area contributed by atoms with Gasteiger partial charge in [0.2, 0.25) is 5.88 Å². The van der Waals surface area contributed by atoms with Crippen molar-refractivity contribution in [1.82, 2.24) is 14.8 Å². The summed E-state index contributed by atoms with van der Waals surface area (Å²) in [5.41, 5.74) is 0.519. The monoisotopic (exact) mass is 570 g/mol. The third-order valence-electron chi connectivity index (χ3n) is 6.99. The molecule has 0 unspecified atom stereocenters. The van der Waals surface area contributed by atoms with Crippen LogP contribution in [0.3, 0.4) is 0 Å². The topological polar surface area (TPSA) is 78.9 Å². The van der Waals surface area contributed by atoms with Gasteiger partial charge in [0.05, 0.1) is 28.1 Å². The molecule has 2 aromatic carbocycles. The van der Waals surface area contributed by atoms with Crippen LogP contribution in [0.25, 0.3) is 5.57 Å². The minimum absolute atomic E-state index is 0.00409. The Morgan fingerprint density at radius 3 is 2.69 bits per heavy atom. The highest BCUT2D eigenvalue weighted by Gasteiger charge is 2.34. The summed E-state index contributed by atoms with van der Waals surface area (Å²) in [6.45, 7) is 1.44. The molecule has 200 valence electrons. The molecule has 39 heavy (non-hydrogen) atoms. The van der Waals surface area contributed by atoms with E-state index in [-0.39, 0.29) is 28.9 Å². The van der Waals surface area contributed by atoms with Gasteiger partial charge in [-0.05, 0) is 59.5 Å². The number of rotatable bonds is 5. The lowest BCUT2D eigenvalue weighted by Crippen LogP contribution is -2.34. The quantitative estimate of drug-likeness (QED) is 0.368. The summed E-state index contributed by atoms with van der Waals surface area (Å²) in [6, 6.07) is 11.3. The van der Waals surface area contributed by atoms with Crippen LogP contribution < -0.4 is 15.5 Å². The number of hydrogen-bond acceptors (Lipinski definition) is 7. The van der Waals surface area contributed by atoms with Gasteiger partial charge in [0.1, 0.15) is 0 Å². The van der Waals surface area contributed by atoms with Crippen molar-refractivity contribution in [3.05, 3.63) is 92.0 Å². The average Bonchev–Trinajstić information content (AvgIpc) is 3.68. The number of fused-ring (bicyclic) bond motifs is 1. The molecule has 0 spiro atoms. The van der Waals surface area contributed by atoms with Gasteiger partial charge in [0.25, 0.3) is 0 Å². The van der Waals surface area contributed by atoms with E-state index in [9.17, 15) is 18.3 Å². The van der Waals surface area contributed by atoms with E-state index in [4.69, 9.17) is 11.6 Å². The zero-order valence-electron chi connectivity index (χ0n) is 20.4. The van der Waals surface area contributed by atoms with E-state index in [0.29, 0.717) is 26.2 Å². The lowest BCUT2D eigenvalue weighted by atomic mass is 9.96. The summed E-state index contributed by atoms with van der Waals surface area (Å²) in [5, 5.41) is 25.3. The van der Waals surface area contributed by atoms with Crippen molar-refractivity contribution in [2.45, 2.75) is 31.5 Å². The normalized spacial score (nSPS) is 16.4. The first kappa shape index (κ1) is 25.6. The third-order valence-corrected chi connectivity index (χ3v) is 8.39. The van der Waals surface area contributed by atoms with Gasteiger partial charge in [-0.2, -0.15) is 33.5 Å². The minimum atomic E-state index is -4.59. The van der Waals surface area contributed by atoms with Crippen LogP contribution in [0.5, 0.6) is 5.88 Å². The van der Waals surface area contributed by atoms with Crippen molar-refractivity contribution in [1.29, 1.82) is 0 Å². The third kappa shape index (κ3) is 5.16. The summed E-state index contributed by atoms with van der Waals surface area (Å²) in [4.78, 5) is 6.96. The largest absolute Gasteiger partial charge is 0.492 e. The average molecular weight is 571 g/mol. The van der Waals surface area contributed by atoms with Gasteiger partial charge < -0.3 is 10.0 Å². The van der Waals surface area contributed by atoms with Gasteiger partial charge >= 0.3 is 6.18 Å². The molecule has 7 nitrogen and oxygen atoms in total. The van der Waals surface area contributed by atoms with Gasteiger partial charge in [0.15, 0.2) is 5.13 Å². The summed E-state index contributed by atoms with van der Waals surface area (Å²) < 4.78 is 43.8. The fourth-order valence-electron chi connectivity index (χ4n) is 5.01. The van der Waals surface area contributed by atoms with Crippen LogP contribution in [0.1, 0.15) is 40.5 Å². The van der Waals surface area contributed by atoms with Crippen molar-refractivity contribution in [2.75, 3.05) is 18.0 Å². The van der Waals surface area contributed by atoms with Crippen LogP contribution in [0.2, 0.25) is 5.02 Å². The summed E-state index contributed by atoms with van der Waals surface area (Å²) in [5.74, 6) is -0.208. The second kappa shape index (κ2) is 10.1. The van der Waals surface area contributed by atoms with Crippen molar-refractivity contribution in [3.63, 3.8) is 0 Å². The highest BCUT2D eigenvalue weighted by Crippen LogP contribution is 2.40. The standard InChI is InChI=1S/C27H22ClF3N6OS/c28-19-4-2-17(22(14-19)27(29,30)31)13-21(16-3-5-23-18(12-16)15-32-35-23)24-25(38)34-26(39-24)36-10-6-20(7-11-36)37-9-1-8-33-37/h1-5,8-9,12,14-15,20,38H,6-7,10-11,13H2. The molecule has 4 heterocycles. The van der Waals surface area contributed by atoms with Gasteiger partial charge in [-0.3, -0.25) is 4.68 Å². The minimum Gasteiger partial charge on any atom is -0.492 e. The Labute approximate surface area is 230 Å². The molecule has 0 bridgehead atoms. The molecule has 0 atom stereocenters. The van der Waals surface area contributed by atoms with Gasteiger partial charge in [-0.15, -0.1) is 0 Å². The number of benzene rings is 2. The maximum Gasteiger partial charge on any atom is 0.416 e. The Hall–Kier alpha value is -3.70. The number of aromatic hydroxyl groups is 1. The van der Waals surface area contributed by atoms with E-state index in [1.54, 1.807) is 24.5 Å². The van der Waals surface area contributed by atoms with Gasteiger partial charge in [-0.25, -0.2) is 0 Å². The number of aromatic nitrogens is 3. The Bertz CT molecular complexity index is 1670. The molecule has 4 aromatic rings. The summed E-state index contributed by atoms with van der Waals surface area (Å²) in [7, 11) is 0. The maximum absolute atomic E-state index is 14.0. The first-order valence-electron chi connectivity index (χ1n) is 12.3. The first-order chi connectivity index (χ1) is 18.8. The number of anilines is 1. The van der Waals surface area contributed by atoms with Crippen LogP contribution in [0.15, 0.2) is 65.1 Å². The molecule has 0 amide bonds. The van der Waals surface area contributed by atoms with E-state index in [2.05, 4.69) is 25.2 Å². The summed E-state index contributed by atoms with van der Waals surface area (Å²) in [6.07, 6.45) is 2.36. The maximum atomic E-state index is 14.0. The highest BCUT2D eigenvalue weighted by molar-refractivity contribution is 7.17. The molecule has 0 saturated carbocycles. The molecule has 0 radical (unpaired) electrons. The lowest BCUT2D eigenvalue weighted by molar-refractivity contribution is -0.138. The number of nitrogens with zero attached hydrogens (tertiary/aromatic N) is 6. The van der Waals surface area contributed by atoms with Crippen LogP contribution in [0, 0.1) is 0 Å². The van der Waals surface area contributed by atoms with E-state index >= 15 is 0 Å². The molecular formula is C27H22ClF3N6OS. The number of piperidine rings is 1. The van der Waals surface area contributed by atoms with Gasteiger partial charge in [0, 0.05) is 42.5 Å². The zero-order valence-corrected chi connectivity index (χ0v) is 22.0. The number of alkyl halides is 3. The summed E-state index contributed by atoms with van der Waals surface area (Å²) >= 11 is 7.20. The van der Waals surface area contributed by atoms with Crippen molar-refractivity contribution in [2.24, 2.45) is 10.2 Å². The predicted octanol–water partition coefficient (Wildman–Crippen LogP) is 4.97. The molecule has 2 aromatic heterocycles. The molecule has 6 rings (SSSR count). The fourth-order valence-corrected chi connectivity index (χ4v) is 6.26. The zero-order chi connectivity index (χ0) is 27.1. The van der Waals surface area contributed by atoms with Crippen molar-refractivity contribution < 1.29 is 18.3 Å².